The molecule has 1 rings (SSSR count). The Kier molecular flexibility index (Phi) is 3.40. The first kappa shape index (κ1) is 11.3. The Hall–Kier alpha value is -0.730. The molecule has 3 heteroatoms. The fourth-order valence-corrected chi connectivity index (χ4v) is 1.41. The summed E-state index contributed by atoms with van der Waals surface area (Å²) >= 11 is 5.92. The molecular weight excluding hydrogens is 198 g/mol. The Bertz CT molecular complexity index is 323. The normalized spacial score (nSPS) is 14.9. The minimum Gasteiger partial charge on any atom is -0.495 e. The van der Waals surface area contributed by atoms with Gasteiger partial charge in [0.25, 0.3) is 0 Å². The highest BCUT2D eigenvalue weighted by Crippen LogP contribution is 2.30. The zero-order chi connectivity index (χ0) is 10.8. The fourth-order valence-electron chi connectivity index (χ4n) is 1.22. The van der Waals surface area contributed by atoms with E-state index in [4.69, 9.17) is 22.1 Å². The summed E-state index contributed by atoms with van der Waals surface area (Å²) in [6.45, 7) is 4.05. The first-order valence-electron chi connectivity index (χ1n) is 4.64. The molecule has 0 saturated carbocycles. The van der Waals surface area contributed by atoms with Crippen LogP contribution in [0.3, 0.4) is 0 Å². The van der Waals surface area contributed by atoms with E-state index in [0.29, 0.717) is 10.8 Å². The van der Waals surface area contributed by atoms with Crippen molar-refractivity contribution in [3.05, 3.63) is 28.8 Å². The summed E-state index contributed by atoms with van der Waals surface area (Å²) in [6.07, 6.45) is 0.873. The van der Waals surface area contributed by atoms with Crippen LogP contribution in [-0.2, 0) is 5.54 Å². The molecule has 0 saturated heterocycles. The minimum atomic E-state index is -0.322. The Morgan fingerprint density at radius 3 is 2.64 bits per heavy atom. The van der Waals surface area contributed by atoms with Gasteiger partial charge in [0.05, 0.1) is 12.1 Å². The van der Waals surface area contributed by atoms with E-state index >= 15 is 0 Å². The van der Waals surface area contributed by atoms with Crippen LogP contribution in [0.5, 0.6) is 5.75 Å². The summed E-state index contributed by atoms with van der Waals surface area (Å²) in [4.78, 5) is 0. The molecule has 2 nitrogen and oxygen atoms in total. The molecule has 0 spiro atoms. The molecule has 0 fully saturated rings. The van der Waals surface area contributed by atoms with Crippen molar-refractivity contribution in [2.75, 3.05) is 7.11 Å². The van der Waals surface area contributed by atoms with E-state index in [0.717, 1.165) is 12.0 Å². The van der Waals surface area contributed by atoms with Gasteiger partial charge < -0.3 is 10.5 Å². The number of ether oxygens (including phenoxy) is 1. The predicted molar refractivity (Wildman–Crippen MR) is 59.8 cm³/mol. The second-order valence-electron chi connectivity index (χ2n) is 3.62. The highest BCUT2D eigenvalue weighted by Gasteiger charge is 2.19. The maximum atomic E-state index is 6.11. The van der Waals surface area contributed by atoms with Crippen molar-refractivity contribution < 1.29 is 4.74 Å². The lowest BCUT2D eigenvalue weighted by atomic mass is 9.90. The quantitative estimate of drug-likeness (QED) is 0.838. The molecule has 0 heterocycles. The molecule has 0 radical (unpaired) electrons. The fraction of sp³-hybridized carbons (Fsp3) is 0.455. The molecule has 0 aliphatic heterocycles. The smallest absolute Gasteiger partial charge is 0.137 e. The molecule has 78 valence electrons. The van der Waals surface area contributed by atoms with Crippen LogP contribution in [0.25, 0.3) is 0 Å². The lowest BCUT2D eigenvalue weighted by molar-refractivity contribution is 0.410. The predicted octanol–water partition coefficient (Wildman–Crippen LogP) is 2.93. The molecule has 1 unspecified atom stereocenters. The van der Waals surface area contributed by atoms with E-state index in [-0.39, 0.29) is 5.54 Å². The highest BCUT2D eigenvalue weighted by atomic mass is 35.5. The third kappa shape index (κ3) is 2.20. The Morgan fingerprint density at radius 1 is 1.50 bits per heavy atom. The molecule has 1 aromatic rings. The number of hydrogen-bond acceptors (Lipinski definition) is 2. The number of rotatable bonds is 3. The maximum absolute atomic E-state index is 6.11. The molecule has 0 bridgehead atoms. The van der Waals surface area contributed by atoms with Crippen molar-refractivity contribution in [1.29, 1.82) is 0 Å². The van der Waals surface area contributed by atoms with Gasteiger partial charge in [0.15, 0.2) is 0 Å². The molecule has 1 atom stereocenters. The van der Waals surface area contributed by atoms with Gasteiger partial charge in [0.1, 0.15) is 5.75 Å². The van der Waals surface area contributed by atoms with E-state index in [1.165, 1.54) is 0 Å². The standard InChI is InChI=1S/C11H16ClNO/c1-4-11(2,13)8-5-6-9(12)10(7-8)14-3/h5-7H,4,13H2,1-3H3. The third-order valence-corrected chi connectivity index (χ3v) is 2.86. The van der Waals surface area contributed by atoms with Crippen LogP contribution in [-0.4, -0.2) is 7.11 Å². The summed E-state index contributed by atoms with van der Waals surface area (Å²) in [6, 6.07) is 5.65. The van der Waals surface area contributed by atoms with E-state index in [1.807, 2.05) is 25.1 Å². The summed E-state index contributed by atoms with van der Waals surface area (Å²) in [5.41, 5.74) is 6.83. The highest BCUT2D eigenvalue weighted by molar-refractivity contribution is 6.32. The van der Waals surface area contributed by atoms with Gasteiger partial charge in [-0.15, -0.1) is 0 Å². The largest absolute Gasteiger partial charge is 0.495 e. The van der Waals surface area contributed by atoms with Gasteiger partial charge in [-0.05, 0) is 31.0 Å². The lowest BCUT2D eigenvalue weighted by Crippen LogP contribution is -2.31. The molecule has 1 aromatic carbocycles. The minimum absolute atomic E-state index is 0.322. The number of halogens is 1. The van der Waals surface area contributed by atoms with Crippen LogP contribution in [0.4, 0.5) is 0 Å². The van der Waals surface area contributed by atoms with Crippen molar-refractivity contribution in [3.63, 3.8) is 0 Å². The Balaban J connectivity index is 3.12. The van der Waals surface area contributed by atoms with Crippen molar-refractivity contribution in [3.8, 4) is 5.75 Å². The van der Waals surface area contributed by atoms with E-state index in [2.05, 4.69) is 6.92 Å². The molecular formula is C11H16ClNO. The molecule has 0 aromatic heterocycles. The molecule has 14 heavy (non-hydrogen) atoms. The zero-order valence-electron chi connectivity index (χ0n) is 8.80. The van der Waals surface area contributed by atoms with Crippen molar-refractivity contribution in [2.45, 2.75) is 25.8 Å². The third-order valence-electron chi connectivity index (χ3n) is 2.55. The van der Waals surface area contributed by atoms with Crippen LogP contribution < -0.4 is 10.5 Å². The SMILES string of the molecule is CCC(C)(N)c1ccc(Cl)c(OC)c1. The van der Waals surface area contributed by atoms with Gasteiger partial charge in [-0.2, -0.15) is 0 Å². The van der Waals surface area contributed by atoms with Gasteiger partial charge in [-0.25, -0.2) is 0 Å². The van der Waals surface area contributed by atoms with Gasteiger partial charge in [0, 0.05) is 5.54 Å². The van der Waals surface area contributed by atoms with Gasteiger partial charge >= 0.3 is 0 Å². The van der Waals surface area contributed by atoms with E-state index in [1.54, 1.807) is 7.11 Å². The van der Waals surface area contributed by atoms with Crippen LogP contribution in [0, 0.1) is 0 Å². The first-order valence-corrected chi connectivity index (χ1v) is 5.02. The van der Waals surface area contributed by atoms with Crippen LogP contribution in [0.15, 0.2) is 18.2 Å². The lowest BCUT2D eigenvalue weighted by Gasteiger charge is -2.23. The molecule has 0 aliphatic rings. The zero-order valence-corrected chi connectivity index (χ0v) is 9.56. The Morgan fingerprint density at radius 2 is 2.14 bits per heavy atom. The van der Waals surface area contributed by atoms with Crippen molar-refractivity contribution in [2.24, 2.45) is 5.73 Å². The van der Waals surface area contributed by atoms with E-state index < -0.39 is 0 Å². The topological polar surface area (TPSA) is 35.2 Å². The first-order chi connectivity index (χ1) is 6.51. The summed E-state index contributed by atoms with van der Waals surface area (Å²) in [7, 11) is 1.60. The van der Waals surface area contributed by atoms with Gasteiger partial charge in [0.2, 0.25) is 0 Å². The molecule has 0 aliphatic carbocycles. The maximum Gasteiger partial charge on any atom is 0.137 e. The van der Waals surface area contributed by atoms with Crippen molar-refractivity contribution >= 4 is 11.6 Å². The van der Waals surface area contributed by atoms with Crippen molar-refractivity contribution in [1.82, 2.24) is 0 Å². The number of methoxy groups -OCH3 is 1. The van der Waals surface area contributed by atoms with Gasteiger partial charge in [-0.1, -0.05) is 24.6 Å². The summed E-state index contributed by atoms with van der Waals surface area (Å²) in [5, 5.41) is 0.614. The van der Waals surface area contributed by atoms with Crippen LogP contribution in [0.1, 0.15) is 25.8 Å². The van der Waals surface area contributed by atoms with Crippen LogP contribution in [0.2, 0.25) is 5.02 Å². The van der Waals surface area contributed by atoms with E-state index in [9.17, 15) is 0 Å². The Labute approximate surface area is 90.0 Å². The summed E-state index contributed by atoms with van der Waals surface area (Å²) < 4.78 is 5.14. The summed E-state index contributed by atoms with van der Waals surface area (Å²) in [5.74, 6) is 0.675. The monoisotopic (exact) mass is 213 g/mol. The number of hydrogen-bond donors (Lipinski definition) is 1. The number of benzene rings is 1. The second kappa shape index (κ2) is 4.20. The second-order valence-corrected chi connectivity index (χ2v) is 4.03. The van der Waals surface area contributed by atoms with Gasteiger partial charge in [-0.3, -0.25) is 0 Å². The van der Waals surface area contributed by atoms with Crippen LogP contribution >= 0.6 is 11.6 Å². The number of nitrogens with two attached hydrogens (primary N) is 1. The molecule has 2 N–H and O–H groups in total. The molecule has 0 amide bonds. The average molecular weight is 214 g/mol. The average Bonchev–Trinajstić information content (AvgIpc) is 2.18.